The van der Waals surface area contributed by atoms with Crippen LogP contribution in [-0.2, 0) is 7.05 Å². The summed E-state index contributed by atoms with van der Waals surface area (Å²) in [4.78, 5) is 11.8. The van der Waals surface area contributed by atoms with Gasteiger partial charge < -0.3 is 10.4 Å². The lowest BCUT2D eigenvalue weighted by molar-refractivity contribution is 0.0911. The Labute approximate surface area is 102 Å². The Bertz CT molecular complexity index is 385. The third-order valence-corrected chi connectivity index (χ3v) is 2.73. The molecule has 1 amide bonds. The van der Waals surface area contributed by atoms with E-state index >= 15 is 0 Å². The molecule has 0 radical (unpaired) electrons. The highest BCUT2D eigenvalue weighted by Gasteiger charge is 2.13. The summed E-state index contributed by atoms with van der Waals surface area (Å²) in [6.45, 7) is 6.23. The molecule has 0 bridgehead atoms. The maximum Gasteiger partial charge on any atom is 0.269 e. The van der Waals surface area contributed by atoms with Crippen molar-refractivity contribution < 1.29 is 9.90 Å². The van der Waals surface area contributed by atoms with Crippen LogP contribution in [0.2, 0.25) is 0 Å². The van der Waals surface area contributed by atoms with Crippen molar-refractivity contribution in [3.8, 4) is 0 Å². The lowest BCUT2D eigenvalue weighted by Gasteiger charge is -2.14. The van der Waals surface area contributed by atoms with Gasteiger partial charge in [-0.05, 0) is 25.3 Å². The second-order valence-electron chi connectivity index (χ2n) is 4.65. The average molecular weight is 239 g/mol. The van der Waals surface area contributed by atoms with Gasteiger partial charge in [-0.3, -0.25) is 9.48 Å². The summed E-state index contributed by atoms with van der Waals surface area (Å²) in [5.74, 6) is 0.0647. The van der Waals surface area contributed by atoms with Gasteiger partial charge in [-0.15, -0.1) is 0 Å². The van der Waals surface area contributed by atoms with Crippen molar-refractivity contribution >= 4 is 5.91 Å². The molecule has 0 fully saturated rings. The molecule has 1 rings (SSSR count). The van der Waals surface area contributed by atoms with E-state index in [9.17, 15) is 9.90 Å². The Hall–Kier alpha value is -1.36. The van der Waals surface area contributed by atoms with E-state index in [0.717, 1.165) is 5.69 Å². The number of aromatic nitrogens is 2. The maximum absolute atomic E-state index is 11.8. The number of amides is 1. The largest absolute Gasteiger partial charge is 0.393 e. The molecule has 0 saturated carbocycles. The summed E-state index contributed by atoms with van der Waals surface area (Å²) in [5.41, 5.74) is 1.36. The van der Waals surface area contributed by atoms with Gasteiger partial charge in [0.15, 0.2) is 0 Å². The van der Waals surface area contributed by atoms with Gasteiger partial charge in [0.1, 0.15) is 5.69 Å². The van der Waals surface area contributed by atoms with Gasteiger partial charge in [0.05, 0.1) is 11.8 Å². The van der Waals surface area contributed by atoms with Crippen molar-refractivity contribution in [1.29, 1.82) is 0 Å². The van der Waals surface area contributed by atoms with E-state index in [1.54, 1.807) is 17.8 Å². The van der Waals surface area contributed by atoms with Crippen molar-refractivity contribution in [2.24, 2.45) is 13.0 Å². The molecule has 1 atom stereocenters. The summed E-state index contributed by atoms with van der Waals surface area (Å²) >= 11 is 0. The monoisotopic (exact) mass is 239 g/mol. The number of aryl methyl sites for hydroxylation is 2. The standard InChI is InChI=1S/C12H21N3O2/c1-8(2)11(16)5-6-13-12(17)10-7-9(3)14-15(10)4/h7-8,11,16H,5-6H2,1-4H3,(H,13,17). The van der Waals surface area contributed by atoms with Crippen LogP contribution < -0.4 is 5.32 Å². The van der Waals surface area contributed by atoms with E-state index in [1.807, 2.05) is 20.8 Å². The number of nitrogens with one attached hydrogen (secondary N) is 1. The van der Waals surface area contributed by atoms with Crippen LogP contribution in [0, 0.1) is 12.8 Å². The van der Waals surface area contributed by atoms with Crippen molar-refractivity contribution in [3.05, 3.63) is 17.5 Å². The van der Waals surface area contributed by atoms with Gasteiger partial charge in [-0.1, -0.05) is 13.8 Å². The highest BCUT2D eigenvalue weighted by atomic mass is 16.3. The molecule has 0 aromatic carbocycles. The van der Waals surface area contributed by atoms with Crippen LogP contribution in [0.4, 0.5) is 0 Å². The van der Waals surface area contributed by atoms with Crippen LogP contribution in [-0.4, -0.2) is 33.4 Å². The number of aliphatic hydroxyl groups is 1. The van der Waals surface area contributed by atoms with E-state index in [4.69, 9.17) is 0 Å². The molecule has 1 aromatic rings. The summed E-state index contributed by atoms with van der Waals surface area (Å²) in [6.07, 6.45) is 0.198. The SMILES string of the molecule is Cc1cc(C(=O)NCCC(O)C(C)C)n(C)n1. The number of rotatable bonds is 5. The third kappa shape index (κ3) is 3.85. The van der Waals surface area contributed by atoms with Crippen LogP contribution in [0.15, 0.2) is 6.07 Å². The van der Waals surface area contributed by atoms with E-state index in [0.29, 0.717) is 18.7 Å². The number of aliphatic hydroxyl groups excluding tert-OH is 1. The molecule has 17 heavy (non-hydrogen) atoms. The van der Waals surface area contributed by atoms with E-state index in [2.05, 4.69) is 10.4 Å². The van der Waals surface area contributed by atoms with Crippen LogP contribution in [0.25, 0.3) is 0 Å². The van der Waals surface area contributed by atoms with Gasteiger partial charge in [0, 0.05) is 13.6 Å². The molecular formula is C12H21N3O2. The minimum Gasteiger partial charge on any atom is -0.393 e. The minimum absolute atomic E-state index is 0.149. The smallest absolute Gasteiger partial charge is 0.269 e. The van der Waals surface area contributed by atoms with Gasteiger partial charge in [0.2, 0.25) is 0 Å². The number of hydrogen-bond donors (Lipinski definition) is 2. The molecule has 0 spiro atoms. The van der Waals surface area contributed by atoms with Gasteiger partial charge >= 0.3 is 0 Å². The molecule has 96 valence electrons. The zero-order valence-electron chi connectivity index (χ0n) is 10.9. The van der Waals surface area contributed by atoms with Gasteiger partial charge in [-0.25, -0.2) is 0 Å². The molecule has 0 aliphatic carbocycles. The van der Waals surface area contributed by atoms with E-state index < -0.39 is 0 Å². The minimum atomic E-state index is -0.372. The average Bonchev–Trinajstić information content (AvgIpc) is 2.57. The molecule has 1 heterocycles. The Balaban J connectivity index is 2.43. The first-order chi connectivity index (χ1) is 7.91. The topological polar surface area (TPSA) is 67.2 Å². The van der Waals surface area contributed by atoms with Crippen LogP contribution in [0.3, 0.4) is 0 Å². The van der Waals surface area contributed by atoms with E-state index in [-0.39, 0.29) is 17.9 Å². The molecule has 2 N–H and O–H groups in total. The molecule has 0 saturated heterocycles. The second-order valence-corrected chi connectivity index (χ2v) is 4.65. The normalized spacial score (nSPS) is 12.8. The zero-order valence-corrected chi connectivity index (χ0v) is 10.9. The van der Waals surface area contributed by atoms with Crippen molar-refractivity contribution in [2.75, 3.05) is 6.54 Å². The fraction of sp³-hybridized carbons (Fsp3) is 0.667. The molecule has 1 aromatic heterocycles. The van der Waals surface area contributed by atoms with E-state index in [1.165, 1.54) is 0 Å². The van der Waals surface area contributed by atoms with Crippen LogP contribution in [0.1, 0.15) is 36.5 Å². The lowest BCUT2D eigenvalue weighted by Crippen LogP contribution is -2.30. The molecule has 1 unspecified atom stereocenters. The predicted molar refractivity (Wildman–Crippen MR) is 65.7 cm³/mol. The molecule has 5 nitrogen and oxygen atoms in total. The number of carbonyl (C=O) groups is 1. The first-order valence-corrected chi connectivity index (χ1v) is 5.88. The van der Waals surface area contributed by atoms with Crippen LogP contribution >= 0.6 is 0 Å². The zero-order chi connectivity index (χ0) is 13.0. The predicted octanol–water partition coefficient (Wildman–Crippen LogP) is 0.865. The van der Waals surface area contributed by atoms with Gasteiger partial charge in [0.25, 0.3) is 5.91 Å². The fourth-order valence-corrected chi connectivity index (χ4v) is 1.58. The van der Waals surface area contributed by atoms with Crippen molar-refractivity contribution in [2.45, 2.75) is 33.3 Å². The first-order valence-electron chi connectivity index (χ1n) is 5.88. The Morgan fingerprint density at radius 3 is 2.71 bits per heavy atom. The summed E-state index contributed by atoms with van der Waals surface area (Å²) < 4.78 is 1.56. The number of carbonyl (C=O) groups excluding carboxylic acids is 1. The number of nitrogens with zero attached hydrogens (tertiary/aromatic N) is 2. The fourth-order valence-electron chi connectivity index (χ4n) is 1.58. The lowest BCUT2D eigenvalue weighted by atomic mass is 10.0. The summed E-state index contributed by atoms with van der Waals surface area (Å²) in [6, 6.07) is 1.74. The maximum atomic E-state index is 11.8. The van der Waals surface area contributed by atoms with Crippen molar-refractivity contribution in [3.63, 3.8) is 0 Å². The van der Waals surface area contributed by atoms with Crippen LogP contribution in [0.5, 0.6) is 0 Å². The Kier molecular flexibility index (Phi) is 4.69. The summed E-state index contributed by atoms with van der Waals surface area (Å²) in [5, 5.41) is 16.5. The molecular weight excluding hydrogens is 218 g/mol. The highest BCUT2D eigenvalue weighted by Crippen LogP contribution is 2.05. The summed E-state index contributed by atoms with van der Waals surface area (Å²) in [7, 11) is 1.74. The first kappa shape index (κ1) is 13.7. The molecule has 5 heteroatoms. The Morgan fingerprint density at radius 2 is 2.24 bits per heavy atom. The Morgan fingerprint density at radius 1 is 1.59 bits per heavy atom. The number of hydrogen-bond acceptors (Lipinski definition) is 3. The van der Waals surface area contributed by atoms with Gasteiger partial charge in [-0.2, -0.15) is 5.10 Å². The highest BCUT2D eigenvalue weighted by molar-refractivity contribution is 5.92. The molecule has 0 aliphatic heterocycles. The quantitative estimate of drug-likeness (QED) is 0.801. The molecule has 0 aliphatic rings. The third-order valence-electron chi connectivity index (χ3n) is 2.73. The second kappa shape index (κ2) is 5.82. The van der Waals surface area contributed by atoms with Crippen molar-refractivity contribution in [1.82, 2.24) is 15.1 Å².